The standard InChI is InChI=1S/C19H25N3OS/c1-5-22(6-2)16-10-8-15(9-11-16)20-19(24)21-17-13-14(3)7-12-18(17)23-4/h7-13H,5-6H2,1-4H3,(H2,20,21,24). The molecule has 24 heavy (non-hydrogen) atoms. The van der Waals surface area contributed by atoms with Crippen LogP contribution in [0.1, 0.15) is 19.4 Å². The average molecular weight is 343 g/mol. The molecule has 0 unspecified atom stereocenters. The molecule has 0 fully saturated rings. The summed E-state index contributed by atoms with van der Waals surface area (Å²) in [6.07, 6.45) is 0. The van der Waals surface area contributed by atoms with Crippen molar-refractivity contribution in [2.45, 2.75) is 20.8 Å². The molecule has 2 rings (SSSR count). The highest BCUT2D eigenvalue weighted by atomic mass is 32.1. The Balaban J connectivity index is 2.04. The van der Waals surface area contributed by atoms with E-state index in [-0.39, 0.29) is 0 Å². The second kappa shape index (κ2) is 8.55. The van der Waals surface area contributed by atoms with Gasteiger partial charge in [0.25, 0.3) is 0 Å². The third kappa shape index (κ3) is 4.61. The summed E-state index contributed by atoms with van der Waals surface area (Å²) in [6.45, 7) is 8.34. The Bertz CT molecular complexity index is 682. The summed E-state index contributed by atoms with van der Waals surface area (Å²) in [5, 5.41) is 6.94. The number of hydrogen-bond acceptors (Lipinski definition) is 3. The molecule has 0 aliphatic carbocycles. The first-order valence-corrected chi connectivity index (χ1v) is 8.55. The third-order valence-electron chi connectivity index (χ3n) is 3.86. The van der Waals surface area contributed by atoms with Crippen LogP contribution < -0.4 is 20.3 Å². The summed E-state index contributed by atoms with van der Waals surface area (Å²) in [4.78, 5) is 2.30. The van der Waals surface area contributed by atoms with Crippen molar-refractivity contribution in [2.24, 2.45) is 0 Å². The van der Waals surface area contributed by atoms with Crippen molar-refractivity contribution in [3.63, 3.8) is 0 Å². The van der Waals surface area contributed by atoms with E-state index in [1.807, 2.05) is 37.3 Å². The zero-order valence-electron chi connectivity index (χ0n) is 14.7. The van der Waals surface area contributed by atoms with Gasteiger partial charge in [0, 0.05) is 24.5 Å². The van der Waals surface area contributed by atoms with Gasteiger partial charge in [-0.2, -0.15) is 0 Å². The Hall–Kier alpha value is -2.27. The minimum absolute atomic E-state index is 0.537. The number of rotatable bonds is 6. The minimum atomic E-state index is 0.537. The summed E-state index contributed by atoms with van der Waals surface area (Å²) in [5.74, 6) is 0.765. The molecule has 4 nitrogen and oxygen atoms in total. The fraction of sp³-hybridized carbons (Fsp3) is 0.316. The van der Waals surface area contributed by atoms with E-state index in [0.29, 0.717) is 5.11 Å². The molecule has 0 amide bonds. The van der Waals surface area contributed by atoms with Crippen LogP contribution in [-0.4, -0.2) is 25.3 Å². The Kier molecular flexibility index (Phi) is 6.44. The quantitative estimate of drug-likeness (QED) is 0.746. The highest BCUT2D eigenvalue weighted by Gasteiger charge is 2.06. The highest BCUT2D eigenvalue weighted by Crippen LogP contribution is 2.25. The van der Waals surface area contributed by atoms with E-state index in [1.54, 1.807) is 7.11 Å². The molecule has 2 aromatic carbocycles. The molecule has 0 radical (unpaired) electrons. The van der Waals surface area contributed by atoms with E-state index >= 15 is 0 Å². The van der Waals surface area contributed by atoms with Crippen LogP contribution in [0.15, 0.2) is 42.5 Å². The predicted molar refractivity (Wildman–Crippen MR) is 108 cm³/mol. The summed E-state index contributed by atoms with van der Waals surface area (Å²) >= 11 is 5.41. The van der Waals surface area contributed by atoms with E-state index in [2.05, 4.69) is 41.5 Å². The Morgan fingerprint density at radius 2 is 1.71 bits per heavy atom. The van der Waals surface area contributed by atoms with E-state index < -0.39 is 0 Å². The molecular formula is C19H25N3OS. The highest BCUT2D eigenvalue weighted by molar-refractivity contribution is 7.80. The van der Waals surface area contributed by atoms with Crippen LogP contribution in [0.25, 0.3) is 0 Å². The molecule has 5 heteroatoms. The number of thiocarbonyl (C=S) groups is 1. The second-order valence-corrected chi connectivity index (χ2v) is 5.91. The van der Waals surface area contributed by atoms with Crippen LogP contribution in [0, 0.1) is 6.92 Å². The normalized spacial score (nSPS) is 10.2. The summed E-state index contributed by atoms with van der Waals surface area (Å²) in [5.41, 5.74) is 4.17. The van der Waals surface area contributed by atoms with Gasteiger partial charge in [-0.3, -0.25) is 0 Å². The smallest absolute Gasteiger partial charge is 0.175 e. The second-order valence-electron chi connectivity index (χ2n) is 5.50. The Morgan fingerprint density at radius 3 is 2.29 bits per heavy atom. The molecule has 0 aliphatic rings. The van der Waals surface area contributed by atoms with Crippen LogP contribution >= 0.6 is 12.2 Å². The SMILES string of the molecule is CCN(CC)c1ccc(NC(=S)Nc2cc(C)ccc2OC)cc1. The number of anilines is 3. The van der Waals surface area contributed by atoms with Crippen LogP contribution in [0.5, 0.6) is 5.75 Å². The number of benzene rings is 2. The van der Waals surface area contributed by atoms with E-state index in [0.717, 1.165) is 35.8 Å². The van der Waals surface area contributed by atoms with Crippen molar-refractivity contribution < 1.29 is 4.74 Å². The van der Waals surface area contributed by atoms with Crippen molar-refractivity contribution >= 4 is 34.4 Å². The first kappa shape index (κ1) is 18.1. The van der Waals surface area contributed by atoms with Gasteiger partial charge in [0.15, 0.2) is 5.11 Å². The largest absolute Gasteiger partial charge is 0.495 e. The maximum absolute atomic E-state index is 5.41. The topological polar surface area (TPSA) is 36.5 Å². The average Bonchev–Trinajstić information content (AvgIpc) is 2.57. The molecule has 128 valence electrons. The molecule has 0 spiro atoms. The van der Waals surface area contributed by atoms with Crippen LogP contribution in [0.2, 0.25) is 0 Å². The van der Waals surface area contributed by atoms with Gasteiger partial charge in [0.2, 0.25) is 0 Å². The number of nitrogens with zero attached hydrogens (tertiary/aromatic N) is 1. The lowest BCUT2D eigenvalue weighted by Gasteiger charge is -2.21. The summed E-state index contributed by atoms with van der Waals surface area (Å²) in [7, 11) is 1.65. The molecule has 2 N–H and O–H groups in total. The zero-order chi connectivity index (χ0) is 17.5. The minimum Gasteiger partial charge on any atom is -0.495 e. The van der Waals surface area contributed by atoms with Crippen LogP contribution in [0.4, 0.5) is 17.1 Å². The van der Waals surface area contributed by atoms with Crippen LogP contribution in [0.3, 0.4) is 0 Å². The maximum Gasteiger partial charge on any atom is 0.175 e. The van der Waals surface area contributed by atoms with Crippen LogP contribution in [-0.2, 0) is 0 Å². The van der Waals surface area contributed by atoms with Crippen molar-refractivity contribution in [1.82, 2.24) is 0 Å². The number of aryl methyl sites for hydroxylation is 1. The van der Waals surface area contributed by atoms with Crippen molar-refractivity contribution in [3.8, 4) is 5.75 Å². The van der Waals surface area contributed by atoms with Gasteiger partial charge in [-0.15, -0.1) is 0 Å². The van der Waals surface area contributed by atoms with Crippen molar-refractivity contribution in [2.75, 3.05) is 35.7 Å². The van der Waals surface area contributed by atoms with E-state index in [9.17, 15) is 0 Å². The molecule has 0 heterocycles. The molecule has 0 saturated carbocycles. The number of hydrogen-bond donors (Lipinski definition) is 2. The lowest BCUT2D eigenvalue weighted by atomic mass is 10.2. The molecule has 0 bridgehead atoms. The van der Waals surface area contributed by atoms with Gasteiger partial charge >= 0.3 is 0 Å². The van der Waals surface area contributed by atoms with Gasteiger partial charge in [0.1, 0.15) is 5.75 Å². The summed E-state index contributed by atoms with van der Waals surface area (Å²) in [6, 6.07) is 14.2. The number of ether oxygens (including phenoxy) is 1. The fourth-order valence-corrected chi connectivity index (χ4v) is 2.78. The van der Waals surface area contributed by atoms with Gasteiger partial charge in [0.05, 0.1) is 12.8 Å². The molecule has 0 atom stereocenters. The van der Waals surface area contributed by atoms with E-state index in [1.165, 1.54) is 5.69 Å². The van der Waals surface area contributed by atoms with Gasteiger partial charge in [-0.1, -0.05) is 6.07 Å². The van der Waals surface area contributed by atoms with Gasteiger partial charge < -0.3 is 20.3 Å². The number of nitrogens with one attached hydrogen (secondary N) is 2. The molecule has 0 aliphatic heterocycles. The van der Waals surface area contributed by atoms with Crippen molar-refractivity contribution in [1.29, 1.82) is 0 Å². The first-order chi connectivity index (χ1) is 11.6. The third-order valence-corrected chi connectivity index (χ3v) is 4.06. The van der Waals surface area contributed by atoms with Gasteiger partial charge in [-0.25, -0.2) is 0 Å². The molecular weight excluding hydrogens is 318 g/mol. The monoisotopic (exact) mass is 343 g/mol. The Labute approximate surface area is 149 Å². The van der Waals surface area contributed by atoms with E-state index in [4.69, 9.17) is 17.0 Å². The number of methoxy groups -OCH3 is 1. The molecule has 0 aromatic heterocycles. The molecule has 0 saturated heterocycles. The maximum atomic E-state index is 5.41. The zero-order valence-corrected chi connectivity index (χ0v) is 15.5. The lowest BCUT2D eigenvalue weighted by molar-refractivity contribution is 0.417. The first-order valence-electron chi connectivity index (χ1n) is 8.15. The lowest BCUT2D eigenvalue weighted by Crippen LogP contribution is -2.22. The summed E-state index contributed by atoms with van der Waals surface area (Å²) < 4.78 is 5.36. The fourth-order valence-electron chi connectivity index (χ4n) is 2.55. The predicted octanol–water partition coefficient (Wildman–Crippen LogP) is 4.66. The van der Waals surface area contributed by atoms with Crippen molar-refractivity contribution in [3.05, 3.63) is 48.0 Å². The molecule has 2 aromatic rings. The Morgan fingerprint density at radius 1 is 1.04 bits per heavy atom. The van der Waals surface area contributed by atoms with Gasteiger partial charge in [-0.05, 0) is 75.0 Å².